The molecule has 0 amide bonds. The van der Waals surface area contributed by atoms with E-state index in [4.69, 9.17) is 22.7 Å². The van der Waals surface area contributed by atoms with Crippen LogP contribution in [0.15, 0.2) is 16.6 Å². The van der Waals surface area contributed by atoms with E-state index in [0.717, 1.165) is 0 Å². The van der Waals surface area contributed by atoms with Crippen LogP contribution >= 0.6 is 28.1 Å². The van der Waals surface area contributed by atoms with Gasteiger partial charge in [0, 0.05) is 5.56 Å². The number of nitrogens with two attached hydrogens (primary N) is 1. The molecule has 2 N–H and O–H groups in total. The first-order chi connectivity index (χ1) is 6.57. The van der Waals surface area contributed by atoms with Crippen molar-refractivity contribution in [2.75, 3.05) is 6.61 Å². The molecule has 0 heterocycles. The van der Waals surface area contributed by atoms with Gasteiger partial charge >= 0.3 is 0 Å². The fourth-order valence-electron chi connectivity index (χ4n) is 0.989. The minimum Gasteiger partial charge on any atom is -0.491 e. The van der Waals surface area contributed by atoms with Crippen LogP contribution in [0.2, 0.25) is 0 Å². The molecule has 0 fully saturated rings. The highest BCUT2D eigenvalue weighted by Crippen LogP contribution is 2.28. The summed E-state index contributed by atoms with van der Waals surface area (Å²) in [5.74, 6) is -0.281. The Balaban J connectivity index is 3.19. The summed E-state index contributed by atoms with van der Waals surface area (Å²) in [5.41, 5.74) is 5.87. The second-order valence-corrected chi connectivity index (χ2v) is 3.77. The van der Waals surface area contributed by atoms with Crippen molar-refractivity contribution in [3.8, 4) is 5.75 Å². The molecule has 0 aromatic heterocycles. The fraction of sp³-hybridized carbons (Fsp3) is 0.222. The van der Waals surface area contributed by atoms with E-state index in [0.29, 0.717) is 12.2 Å². The van der Waals surface area contributed by atoms with E-state index in [9.17, 15) is 4.39 Å². The third-order valence-corrected chi connectivity index (χ3v) is 2.61. The quantitative estimate of drug-likeness (QED) is 0.863. The lowest BCUT2D eigenvalue weighted by Crippen LogP contribution is -2.11. The van der Waals surface area contributed by atoms with Crippen LogP contribution in [0.4, 0.5) is 4.39 Å². The first-order valence-electron chi connectivity index (χ1n) is 3.98. The van der Waals surface area contributed by atoms with Gasteiger partial charge in [0.25, 0.3) is 0 Å². The van der Waals surface area contributed by atoms with Gasteiger partial charge in [0.1, 0.15) is 4.99 Å². The lowest BCUT2D eigenvalue weighted by Gasteiger charge is -2.08. The van der Waals surface area contributed by atoms with E-state index in [2.05, 4.69) is 15.9 Å². The fourth-order valence-corrected chi connectivity index (χ4v) is 1.83. The predicted octanol–water partition coefficient (Wildman–Crippen LogP) is 2.62. The highest BCUT2D eigenvalue weighted by Gasteiger charge is 2.13. The Bertz CT molecular complexity index is 370. The zero-order valence-electron chi connectivity index (χ0n) is 7.51. The van der Waals surface area contributed by atoms with Gasteiger partial charge in [-0.15, -0.1) is 0 Å². The molecule has 0 atom stereocenters. The van der Waals surface area contributed by atoms with Gasteiger partial charge in [-0.3, -0.25) is 0 Å². The normalized spacial score (nSPS) is 9.93. The molecule has 76 valence electrons. The lowest BCUT2D eigenvalue weighted by atomic mass is 10.2. The van der Waals surface area contributed by atoms with Gasteiger partial charge in [0.2, 0.25) is 0 Å². The molecule has 0 spiro atoms. The molecule has 1 aromatic rings. The number of benzene rings is 1. The Morgan fingerprint density at radius 3 is 2.79 bits per heavy atom. The standard InChI is InChI=1S/C9H9BrFNOS/c1-2-13-6-4-3-5(9(12)14)7(10)8(6)11/h3-4H,2H2,1H3,(H2,12,14). The summed E-state index contributed by atoms with van der Waals surface area (Å²) < 4.78 is 18.8. The van der Waals surface area contributed by atoms with E-state index in [1.54, 1.807) is 13.0 Å². The van der Waals surface area contributed by atoms with Crippen molar-refractivity contribution in [1.82, 2.24) is 0 Å². The van der Waals surface area contributed by atoms with Crippen LogP contribution in [-0.4, -0.2) is 11.6 Å². The number of hydrogen-bond donors (Lipinski definition) is 1. The van der Waals surface area contributed by atoms with Crippen molar-refractivity contribution in [2.24, 2.45) is 5.73 Å². The van der Waals surface area contributed by atoms with E-state index < -0.39 is 5.82 Å². The van der Waals surface area contributed by atoms with Gasteiger partial charge in [-0.2, -0.15) is 0 Å². The van der Waals surface area contributed by atoms with Crippen molar-refractivity contribution in [3.05, 3.63) is 28.0 Å². The second kappa shape index (κ2) is 4.70. The minimum atomic E-state index is -0.475. The van der Waals surface area contributed by atoms with Crippen molar-refractivity contribution in [3.63, 3.8) is 0 Å². The van der Waals surface area contributed by atoms with Crippen molar-refractivity contribution < 1.29 is 9.13 Å². The third kappa shape index (κ3) is 2.22. The third-order valence-electron chi connectivity index (χ3n) is 1.61. The zero-order valence-corrected chi connectivity index (χ0v) is 9.91. The highest BCUT2D eigenvalue weighted by molar-refractivity contribution is 9.10. The lowest BCUT2D eigenvalue weighted by molar-refractivity contribution is 0.320. The molecule has 1 rings (SSSR count). The summed E-state index contributed by atoms with van der Waals surface area (Å²) in [6.45, 7) is 2.20. The van der Waals surface area contributed by atoms with Gasteiger partial charge < -0.3 is 10.5 Å². The van der Waals surface area contributed by atoms with Crippen LogP contribution in [0.5, 0.6) is 5.75 Å². The van der Waals surface area contributed by atoms with E-state index in [-0.39, 0.29) is 15.2 Å². The van der Waals surface area contributed by atoms with E-state index in [1.165, 1.54) is 6.07 Å². The summed E-state index contributed by atoms with van der Waals surface area (Å²) in [4.78, 5) is 0.152. The zero-order chi connectivity index (χ0) is 10.7. The molecule has 0 aliphatic heterocycles. The van der Waals surface area contributed by atoms with Gasteiger partial charge in [-0.1, -0.05) is 12.2 Å². The molecule has 0 aliphatic rings. The van der Waals surface area contributed by atoms with Crippen LogP contribution in [0.1, 0.15) is 12.5 Å². The summed E-state index contributed by atoms with van der Waals surface area (Å²) in [7, 11) is 0. The minimum absolute atomic E-state index is 0.152. The Morgan fingerprint density at radius 2 is 2.29 bits per heavy atom. The van der Waals surface area contributed by atoms with Crippen molar-refractivity contribution in [1.29, 1.82) is 0 Å². The molecule has 2 nitrogen and oxygen atoms in total. The molecule has 0 aliphatic carbocycles. The summed E-state index contributed by atoms with van der Waals surface area (Å²) in [6.07, 6.45) is 0. The number of thiocarbonyl (C=S) groups is 1. The Kier molecular flexibility index (Phi) is 3.83. The van der Waals surface area contributed by atoms with Crippen LogP contribution in [0, 0.1) is 5.82 Å². The van der Waals surface area contributed by atoms with Crippen LogP contribution < -0.4 is 10.5 Å². The van der Waals surface area contributed by atoms with Crippen LogP contribution in [0.3, 0.4) is 0 Å². The first-order valence-corrected chi connectivity index (χ1v) is 5.18. The Labute approximate surface area is 95.4 Å². The molecule has 1 aromatic carbocycles. The molecule has 0 bridgehead atoms. The van der Waals surface area contributed by atoms with Gasteiger partial charge in [-0.25, -0.2) is 4.39 Å². The Morgan fingerprint density at radius 1 is 1.64 bits per heavy atom. The number of ether oxygens (including phenoxy) is 1. The largest absolute Gasteiger partial charge is 0.491 e. The molecule has 5 heteroatoms. The molecular formula is C9H9BrFNOS. The van der Waals surface area contributed by atoms with E-state index in [1.807, 2.05) is 0 Å². The Hall–Kier alpha value is -0.680. The summed E-state index contributed by atoms with van der Waals surface area (Å²) in [5, 5.41) is 0. The number of rotatable bonds is 3. The van der Waals surface area contributed by atoms with Gasteiger partial charge in [0.15, 0.2) is 11.6 Å². The summed E-state index contributed by atoms with van der Waals surface area (Å²) in [6, 6.07) is 3.14. The monoisotopic (exact) mass is 277 g/mol. The molecule has 14 heavy (non-hydrogen) atoms. The van der Waals surface area contributed by atoms with Crippen molar-refractivity contribution in [2.45, 2.75) is 6.92 Å². The van der Waals surface area contributed by atoms with Gasteiger partial charge in [0.05, 0.1) is 11.1 Å². The molecular weight excluding hydrogens is 269 g/mol. The molecule has 0 saturated carbocycles. The van der Waals surface area contributed by atoms with Crippen molar-refractivity contribution >= 4 is 33.1 Å². The van der Waals surface area contributed by atoms with Gasteiger partial charge in [-0.05, 0) is 35.0 Å². The van der Waals surface area contributed by atoms with Crippen LogP contribution in [-0.2, 0) is 0 Å². The molecule has 0 unspecified atom stereocenters. The topological polar surface area (TPSA) is 35.2 Å². The number of halogens is 2. The van der Waals surface area contributed by atoms with E-state index >= 15 is 0 Å². The SMILES string of the molecule is CCOc1ccc(C(N)=S)c(Br)c1F. The second-order valence-electron chi connectivity index (χ2n) is 2.54. The maximum Gasteiger partial charge on any atom is 0.179 e. The number of hydrogen-bond acceptors (Lipinski definition) is 2. The maximum atomic E-state index is 13.5. The average Bonchev–Trinajstić information content (AvgIpc) is 2.13. The van der Waals surface area contributed by atoms with Crippen LogP contribution in [0.25, 0.3) is 0 Å². The smallest absolute Gasteiger partial charge is 0.179 e. The first kappa shape index (κ1) is 11.4. The predicted molar refractivity (Wildman–Crippen MR) is 61.2 cm³/mol. The molecule has 0 radical (unpaired) electrons. The average molecular weight is 278 g/mol. The molecule has 0 saturated heterocycles. The highest BCUT2D eigenvalue weighted by atomic mass is 79.9. The summed E-state index contributed by atoms with van der Waals surface area (Å²) >= 11 is 7.84. The maximum absolute atomic E-state index is 13.5.